The summed E-state index contributed by atoms with van der Waals surface area (Å²) in [6.45, 7) is 4.61. The van der Waals surface area contributed by atoms with Crippen LogP contribution in [0.25, 0.3) is 22.3 Å². The van der Waals surface area contributed by atoms with E-state index >= 15 is 0 Å². The van der Waals surface area contributed by atoms with Crippen molar-refractivity contribution in [2.75, 3.05) is 24.1 Å². The summed E-state index contributed by atoms with van der Waals surface area (Å²) in [5.41, 5.74) is 7.35. The molecule has 162 valence electrons. The van der Waals surface area contributed by atoms with E-state index in [1.807, 2.05) is 0 Å². The molecular formula is C20H19N9O3. The molecule has 5 heterocycles. The number of nitrogens with one attached hydrogen (secondary N) is 1. The number of carbonyl (C=O) groups excluding carboxylic acids is 2. The molecule has 12 nitrogen and oxygen atoms in total. The van der Waals surface area contributed by atoms with Gasteiger partial charge in [-0.1, -0.05) is 6.58 Å². The Morgan fingerprint density at radius 1 is 1.31 bits per heavy atom. The number of nitrogens with zero attached hydrogens (tertiary/aromatic N) is 7. The van der Waals surface area contributed by atoms with E-state index in [9.17, 15) is 9.59 Å². The van der Waals surface area contributed by atoms with E-state index in [4.69, 9.17) is 10.2 Å². The van der Waals surface area contributed by atoms with E-state index in [0.29, 0.717) is 35.4 Å². The molecule has 3 N–H and O–H groups in total. The number of amides is 2. The molecule has 0 radical (unpaired) electrons. The molecule has 12 heteroatoms. The second-order valence-corrected chi connectivity index (χ2v) is 7.33. The van der Waals surface area contributed by atoms with Gasteiger partial charge in [0.15, 0.2) is 16.9 Å². The second-order valence-electron chi connectivity index (χ2n) is 7.33. The molecule has 0 aliphatic carbocycles. The minimum atomic E-state index is -0.573. The molecule has 32 heavy (non-hydrogen) atoms. The summed E-state index contributed by atoms with van der Waals surface area (Å²) < 4.78 is 7.16. The van der Waals surface area contributed by atoms with Crippen LogP contribution in [0.2, 0.25) is 0 Å². The number of fused-ring (bicyclic) bond motifs is 2. The molecule has 1 aliphatic heterocycles. The average molecular weight is 433 g/mol. The Morgan fingerprint density at radius 3 is 3.00 bits per heavy atom. The van der Waals surface area contributed by atoms with Gasteiger partial charge in [0.2, 0.25) is 11.6 Å². The minimum absolute atomic E-state index is 0.0118. The number of nitrogens with two attached hydrogens (primary N) is 1. The number of rotatable bonds is 4. The molecule has 1 aliphatic rings. The zero-order chi connectivity index (χ0) is 22.2. The predicted octanol–water partition coefficient (Wildman–Crippen LogP) is 1.55. The van der Waals surface area contributed by atoms with Crippen molar-refractivity contribution in [1.82, 2.24) is 34.6 Å². The number of hydrogen-bond acceptors (Lipinski definition) is 9. The fourth-order valence-corrected chi connectivity index (χ4v) is 3.87. The van der Waals surface area contributed by atoms with Gasteiger partial charge in [-0.15, -0.1) is 0 Å². The number of aromatic nitrogens is 6. The lowest BCUT2D eigenvalue weighted by molar-refractivity contribution is -0.127. The highest BCUT2D eigenvalue weighted by molar-refractivity contribution is 6.12. The fourth-order valence-electron chi connectivity index (χ4n) is 3.87. The molecule has 0 saturated carbocycles. The number of oxazole rings is 1. The van der Waals surface area contributed by atoms with Gasteiger partial charge >= 0.3 is 6.01 Å². The Morgan fingerprint density at radius 2 is 2.19 bits per heavy atom. The normalized spacial score (nSPS) is 16.4. The lowest BCUT2D eigenvalue weighted by Gasteiger charge is -2.32. The summed E-state index contributed by atoms with van der Waals surface area (Å²) in [4.78, 5) is 43.4. The van der Waals surface area contributed by atoms with Crippen LogP contribution in [0.1, 0.15) is 29.4 Å². The van der Waals surface area contributed by atoms with Crippen LogP contribution in [0.15, 0.2) is 41.7 Å². The van der Waals surface area contributed by atoms with Gasteiger partial charge in [-0.05, 0) is 31.1 Å². The summed E-state index contributed by atoms with van der Waals surface area (Å²) >= 11 is 0. The van der Waals surface area contributed by atoms with Crippen LogP contribution >= 0.6 is 0 Å². The number of pyridine rings is 1. The van der Waals surface area contributed by atoms with Crippen molar-refractivity contribution < 1.29 is 14.0 Å². The maximum atomic E-state index is 13.1. The number of carbonyl (C=O) groups is 2. The molecule has 5 rings (SSSR count). The molecular weight excluding hydrogens is 414 g/mol. The molecule has 0 aromatic carbocycles. The third-order valence-electron chi connectivity index (χ3n) is 5.35. The highest BCUT2D eigenvalue weighted by atomic mass is 16.4. The van der Waals surface area contributed by atoms with Gasteiger partial charge in [0.1, 0.15) is 12.1 Å². The van der Waals surface area contributed by atoms with E-state index in [2.05, 4.69) is 36.9 Å². The van der Waals surface area contributed by atoms with E-state index in [1.54, 1.807) is 27.9 Å². The van der Waals surface area contributed by atoms with Gasteiger partial charge in [0.25, 0.3) is 5.91 Å². The van der Waals surface area contributed by atoms with Crippen LogP contribution in [-0.2, 0) is 4.79 Å². The first-order valence-corrected chi connectivity index (χ1v) is 9.98. The molecule has 0 spiro atoms. The molecule has 1 unspecified atom stereocenters. The standard InChI is InChI=1S/C20H19N9O3/c1-2-13(30)28-8-4-5-11(9-28)29-18-14(16(21)23-10-24-18)15(27-29)19(31)26-20-25-17-12(32-20)6-3-7-22-17/h2-3,6-7,10-11H,1,4-5,8-9H2,(H2,21,23,24)(H,22,25,26,31). The summed E-state index contributed by atoms with van der Waals surface area (Å²) in [7, 11) is 0. The van der Waals surface area contributed by atoms with Gasteiger partial charge in [0, 0.05) is 19.3 Å². The summed E-state index contributed by atoms with van der Waals surface area (Å²) in [5, 5.41) is 7.44. The number of likely N-dealkylation sites (tertiary alicyclic amines) is 1. The van der Waals surface area contributed by atoms with Crippen LogP contribution < -0.4 is 11.1 Å². The zero-order valence-corrected chi connectivity index (χ0v) is 16.9. The summed E-state index contributed by atoms with van der Waals surface area (Å²) in [5.74, 6) is -0.597. The SMILES string of the molecule is C=CC(=O)N1CCCC(n2nc(C(=O)Nc3nc4ncccc4o3)c3c(N)ncnc32)C1. The van der Waals surface area contributed by atoms with Crippen LogP contribution in [0.4, 0.5) is 11.8 Å². The molecule has 4 aromatic heterocycles. The summed E-state index contributed by atoms with van der Waals surface area (Å²) in [6, 6.07) is 3.21. The van der Waals surface area contributed by atoms with Crippen LogP contribution in [0.3, 0.4) is 0 Å². The lowest BCUT2D eigenvalue weighted by atomic mass is 10.1. The van der Waals surface area contributed by atoms with Crippen molar-refractivity contribution in [3.8, 4) is 0 Å². The molecule has 2 amide bonds. The molecule has 1 fully saturated rings. The number of hydrogen-bond donors (Lipinski definition) is 2. The van der Waals surface area contributed by atoms with E-state index in [0.717, 1.165) is 12.8 Å². The first-order valence-electron chi connectivity index (χ1n) is 9.98. The van der Waals surface area contributed by atoms with Crippen LogP contribution in [0.5, 0.6) is 0 Å². The van der Waals surface area contributed by atoms with Crippen LogP contribution in [-0.4, -0.2) is 59.5 Å². The Balaban J connectivity index is 1.51. The third-order valence-corrected chi connectivity index (χ3v) is 5.35. The Kier molecular flexibility index (Phi) is 4.73. The van der Waals surface area contributed by atoms with Gasteiger partial charge in [-0.2, -0.15) is 10.1 Å². The fraction of sp³-hybridized carbons (Fsp3) is 0.250. The first kappa shape index (κ1) is 19.6. The highest BCUT2D eigenvalue weighted by Crippen LogP contribution is 2.29. The van der Waals surface area contributed by atoms with E-state index in [-0.39, 0.29) is 29.5 Å². The number of piperidine rings is 1. The average Bonchev–Trinajstić information content (AvgIpc) is 3.40. The van der Waals surface area contributed by atoms with Gasteiger partial charge in [-0.25, -0.2) is 19.6 Å². The predicted molar refractivity (Wildman–Crippen MR) is 115 cm³/mol. The monoisotopic (exact) mass is 433 g/mol. The largest absolute Gasteiger partial charge is 0.421 e. The Hall–Kier alpha value is -4.35. The summed E-state index contributed by atoms with van der Waals surface area (Å²) in [6.07, 6.45) is 5.73. The highest BCUT2D eigenvalue weighted by Gasteiger charge is 2.29. The lowest BCUT2D eigenvalue weighted by Crippen LogP contribution is -2.40. The minimum Gasteiger partial charge on any atom is -0.421 e. The molecule has 0 bridgehead atoms. The number of anilines is 2. The van der Waals surface area contributed by atoms with Crippen molar-refractivity contribution in [3.05, 3.63) is 43.0 Å². The van der Waals surface area contributed by atoms with E-state index < -0.39 is 5.91 Å². The molecule has 1 saturated heterocycles. The van der Waals surface area contributed by atoms with E-state index in [1.165, 1.54) is 12.4 Å². The number of nitrogen functional groups attached to an aromatic ring is 1. The Labute approximate surface area is 181 Å². The Bertz CT molecular complexity index is 1330. The third kappa shape index (κ3) is 3.31. The quantitative estimate of drug-likeness (QED) is 0.455. The van der Waals surface area contributed by atoms with Crippen molar-refractivity contribution in [1.29, 1.82) is 0 Å². The van der Waals surface area contributed by atoms with Gasteiger partial charge in [-0.3, -0.25) is 14.9 Å². The maximum Gasteiger partial charge on any atom is 0.304 e. The zero-order valence-electron chi connectivity index (χ0n) is 16.9. The van der Waals surface area contributed by atoms with Gasteiger partial charge < -0.3 is 15.1 Å². The smallest absolute Gasteiger partial charge is 0.304 e. The van der Waals surface area contributed by atoms with Crippen molar-refractivity contribution in [2.45, 2.75) is 18.9 Å². The molecule has 4 aromatic rings. The second kappa shape index (κ2) is 7.72. The van der Waals surface area contributed by atoms with Crippen LogP contribution in [0, 0.1) is 0 Å². The van der Waals surface area contributed by atoms with Crippen molar-refractivity contribution in [2.24, 2.45) is 0 Å². The van der Waals surface area contributed by atoms with Gasteiger partial charge in [0.05, 0.1) is 11.4 Å². The molecule has 1 atom stereocenters. The van der Waals surface area contributed by atoms with Crippen molar-refractivity contribution >= 4 is 45.9 Å². The topological polar surface area (TPSA) is 158 Å². The van der Waals surface area contributed by atoms with Crippen molar-refractivity contribution in [3.63, 3.8) is 0 Å². The first-order chi connectivity index (χ1) is 15.5. The maximum absolute atomic E-state index is 13.1.